The van der Waals surface area contributed by atoms with E-state index in [2.05, 4.69) is 27.4 Å². The maximum Gasteiger partial charge on any atom is 0.268 e. The molecule has 0 aliphatic carbocycles. The minimum Gasteiger partial charge on any atom is -0.350 e. The summed E-state index contributed by atoms with van der Waals surface area (Å²) in [5.41, 5.74) is 2.69. The van der Waals surface area contributed by atoms with Crippen molar-refractivity contribution in [3.05, 3.63) is 45.5 Å². The molecule has 0 atom stereocenters. The van der Waals surface area contributed by atoms with Gasteiger partial charge in [0, 0.05) is 10.9 Å². The number of rotatable bonds is 5. The summed E-state index contributed by atoms with van der Waals surface area (Å²) in [6.07, 6.45) is 1.68. The van der Waals surface area contributed by atoms with Crippen LogP contribution in [0.5, 0.6) is 0 Å². The summed E-state index contributed by atoms with van der Waals surface area (Å²) in [5, 5.41) is 14.0. The maximum atomic E-state index is 12.5. The van der Waals surface area contributed by atoms with Crippen molar-refractivity contribution in [1.82, 2.24) is 20.5 Å². The maximum absolute atomic E-state index is 12.5. The first-order chi connectivity index (χ1) is 10.7. The van der Waals surface area contributed by atoms with Gasteiger partial charge in [-0.2, -0.15) is 0 Å². The van der Waals surface area contributed by atoms with E-state index in [9.17, 15) is 4.79 Å². The highest BCUT2D eigenvalue weighted by Crippen LogP contribution is 2.23. The molecular formula is C16H18N4OS. The van der Waals surface area contributed by atoms with E-state index < -0.39 is 0 Å². The molecule has 0 bridgehead atoms. The van der Waals surface area contributed by atoms with Crippen LogP contribution in [0.4, 0.5) is 0 Å². The predicted molar refractivity (Wildman–Crippen MR) is 88.1 cm³/mol. The minimum absolute atomic E-state index is 0.0960. The zero-order chi connectivity index (χ0) is 15.5. The van der Waals surface area contributed by atoms with E-state index in [1.54, 1.807) is 0 Å². The number of nitrogens with one attached hydrogen (secondary N) is 2. The third kappa shape index (κ3) is 2.74. The molecule has 0 spiro atoms. The lowest BCUT2D eigenvalue weighted by Gasteiger charge is -2.03. The average Bonchev–Trinajstić information content (AvgIpc) is 3.16. The lowest BCUT2D eigenvalue weighted by Crippen LogP contribution is -2.24. The molecule has 0 saturated heterocycles. The van der Waals surface area contributed by atoms with Gasteiger partial charge in [0.05, 0.1) is 6.54 Å². The van der Waals surface area contributed by atoms with E-state index in [-0.39, 0.29) is 5.91 Å². The number of fused-ring (bicyclic) bond motifs is 1. The fraction of sp³-hybridized carbons (Fsp3) is 0.312. The average molecular weight is 314 g/mol. The van der Waals surface area contributed by atoms with Gasteiger partial charge in [0.1, 0.15) is 15.7 Å². The molecule has 114 valence electrons. The van der Waals surface area contributed by atoms with E-state index in [0.717, 1.165) is 39.3 Å². The SMILES string of the molecule is CCc1nnc(CNC(=O)c2[nH]c3ccccc3c2CC)s1. The Labute approximate surface area is 132 Å². The van der Waals surface area contributed by atoms with Crippen molar-refractivity contribution in [3.8, 4) is 0 Å². The molecule has 0 fully saturated rings. The van der Waals surface area contributed by atoms with Gasteiger partial charge in [0.2, 0.25) is 0 Å². The van der Waals surface area contributed by atoms with Gasteiger partial charge >= 0.3 is 0 Å². The van der Waals surface area contributed by atoms with Gasteiger partial charge in [-0.1, -0.05) is 43.4 Å². The molecule has 1 amide bonds. The summed E-state index contributed by atoms with van der Waals surface area (Å²) in [6.45, 7) is 4.51. The lowest BCUT2D eigenvalue weighted by molar-refractivity contribution is 0.0945. The molecule has 0 aliphatic rings. The Morgan fingerprint density at radius 2 is 1.95 bits per heavy atom. The zero-order valence-corrected chi connectivity index (χ0v) is 13.5. The van der Waals surface area contributed by atoms with Crippen molar-refractivity contribution < 1.29 is 4.79 Å². The molecule has 3 rings (SSSR count). The molecule has 0 unspecified atom stereocenters. The number of carbonyl (C=O) groups excluding carboxylic acids is 1. The number of para-hydroxylation sites is 1. The second-order valence-electron chi connectivity index (χ2n) is 5.00. The summed E-state index contributed by atoms with van der Waals surface area (Å²) in [5.74, 6) is -0.0960. The second kappa shape index (κ2) is 6.27. The fourth-order valence-electron chi connectivity index (χ4n) is 2.51. The Kier molecular flexibility index (Phi) is 4.20. The highest BCUT2D eigenvalue weighted by atomic mass is 32.1. The summed E-state index contributed by atoms with van der Waals surface area (Å²) < 4.78 is 0. The number of H-pyrrole nitrogens is 1. The zero-order valence-electron chi connectivity index (χ0n) is 12.6. The van der Waals surface area contributed by atoms with Crippen LogP contribution in [0.15, 0.2) is 24.3 Å². The number of hydrogen-bond donors (Lipinski definition) is 2. The van der Waals surface area contributed by atoms with Crippen LogP contribution in [-0.2, 0) is 19.4 Å². The van der Waals surface area contributed by atoms with Crippen molar-refractivity contribution in [1.29, 1.82) is 0 Å². The first-order valence-corrected chi connectivity index (χ1v) is 8.23. The number of aromatic amines is 1. The van der Waals surface area contributed by atoms with Gasteiger partial charge in [-0.05, 0) is 24.5 Å². The lowest BCUT2D eigenvalue weighted by atomic mass is 10.1. The van der Waals surface area contributed by atoms with Crippen LogP contribution in [0.2, 0.25) is 0 Å². The van der Waals surface area contributed by atoms with Crippen molar-refractivity contribution in [3.63, 3.8) is 0 Å². The van der Waals surface area contributed by atoms with Crippen molar-refractivity contribution in [2.45, 2.75) is 33.2 Å². The number of aryl methyl sites for hydroxylation is 2. The van der Waals surface area contributed by atoms with Gasteiger partial charge < -0.3 is 10.3 Å². The van der Waals surface area contributed by atoms with E-state index in [0.29, 0.717) is 12.2 Å². The molecule has 2 aromatic heterocycles. The summed E-state index contributed by atoms with van der Waals surface area (Å²) in [7, 11) is 0. The first-order valence-electron chi connectivity index (χ1n) is 7.42. The normalized spacial score (nSPS) is 11.0. The van der Waals surface area contributed by atoms with Crippen molar-refractivity contribution in [2.75, 3.05) is 0 Å². The van der Waals surface area contributed by atoms with Crippen molar-refractivity contribution >= 4 is 28.1 Å². The van der Waals surface area contributed by atoms with Gasteiger partial charge in [-0.25, -0.2) is 0 Å². The molecule has 0 saturated carbocycles. The molecule has 2 N–H and O–H groups in total. The van der Waals surface area contributed by atoms with Crippen LogP contribution >= 0.6 is 11.3 Å². The highest BCUT2D eigenvalue weighted by Gasteiger charge is 2.16. The van der Waals surface area contributed by atoms with Crippen LogP contribution in [0.3, 0.4) is 0 Å². The number of hydrogen-bond acceptors (Lipinski definition) is 4. The Morgan fingerprint density at radius 1 is 1.18 bits per heavy atom. The van der Waals surface area contributed by atoms with Gasteiger partial charge in [0.15, 0.2) is 0 Å². The topological polar surface area (TPSA) is 70.7 Å². The van der Waals surface area contributed by atoms with Crippen LogP contribution in [0, 0.1) is 0 Å². The fourth-order valence-corrected chi connectivity index (χ4v) is 3.23. The van der Waals surface area contributed by atoms with E-state index in [1.807, 2.05) is 31.2 Å². The molecule has 1 aromatic carbocycles. The largest absolute Gasteiger partial charge is 0.350 e. The Balaban J connectivity index is 1.79. The third-order valence-corrected chi connectivity index (χ3v) is 4.67. The highest BCUT2D eigenvalue weighted by molar-refractivity contribution is 7.11. The number of carbonyl (C=O) groups is 1. The quantitative estimate of drug-likeness (QED) is 0.760. The predicted octanol–water partition coefficient (Wildman–Crippen LogP) is 3.07. The molecule has 3 aromatic rings. The summed E-state index contributed by atoms with van der Waals surface area (Å²) in [6, 6.07) is 7.99. The molecule has 22 heavy (non-hydrogen) atoms. The van der Waals surface area contributed by atoms with Crippen LogP contribution in [0.25, 0.3) is 10.9 Å². The summed E-state index contributed by atoms with van der Waals surface area (Å²) in [4.78, 5) is 15.7. The van der Waals surface area contributed by atoms with Crippen LogP contribution in [-0.4, -0.2) is 21.1 Å². The second-order valence-corrected chi connectivity index (χ2v) is 6.15. The number of amides is 1. The number of nitrogens with zero attached hydrogens (tertiary/aromatic N) is 2. The van der Waals surface area contributed by atoms with E-state index in [1.165, 1.54) is 11.3 Å². The third-order valence-electron chi connectivity index (χ3n) is 3.61. The van der Waals surface area contributed by atoms with Gasteiger partial charge in [0.25, 0.3) is 5.91 Å². The summed E-state index contributed by atoms with van der Waals surface area (Å²) >= 11 is 1.54. The molecular weight excluding hydrogens is 296 g/mol. The minimum atomic E-state index is -0.0960. The van der Waals surface area contributed by atoms with Crippen LogP contribution in [0.1, 0.15) is 39.9 Å². The standard InChI is InChI=1S/C16H18N4OS/c1-3-10-11-7-5-6-8-12(11)18-15(10)16(21)17-9-14-20-19-13(4-2)22-14/h5-8,18H,3-4,9H2,1-2H3,(H,17,21). The first kappa shape index (κ1) is 14.7. The van der Waals surface area contributed by atoms with Crippen LogP contribution < -0.4 is 5.32 Å². The number of aromatic nitrogens is 3. The Bertz CT molecular complexity index is 805. The molecule has 6 heteroatoms. The molecule has 2 heterocycles. The van der Waals surface area contributed by atoms with Gasteiger partial charge in [-0.15, -0.1) is 10.2 Å². The van der Waals surface area contributed by atoms with E-state index in [4.69, 9.17) is 0 Å². The monoisotopic (exact) mass is 314 g/mol. The Hall–Kier alpha value is -2.21. The van der Waals surface area contributed by atoms with Crippen molar-refractivity contribution in [2.24, 2.45) is 0 Å². The van der Waals surface area contributed by atoms with E-state index >= 15 is 0 Å². The Morgan fingerprint density at radius 3 is 2.68 bits per heavy atom. The molecule has 5 nitrogen and oxygen atoms in total. The molecule has 0 radical (unpaired) electrons. The smallest absolute Gasteiger partial charge is 0.268 e. The van der Waals surface area contributed by atoms with Gasteiger partial charge in [-0.3, -0.25) is 4.79 Å². The molecule has 0 aliphatic heterocycles. The number of benzene rings is 1.